The van der Waals surface area contributed by atoms with Crippen LogP contribution in [0.15, 0.2) is 46.9 Å². The molecule has 0 aliphatic heterocycles. The van der Waals surface area contributed by atoms with E-state index < -0.39 is 0 Å². The van der Waals surface area contributed by atoms with Crippen molar-refractivity contribution < 1.29 is 4.39 Å². The molecule has 0 heterocycles. The highest BCUT2D eigenvalue weighted by atomic mass is 79.9. The molecule has 0 radical (unpaired) electrons. The fraction of sp³-hybridized carbons (Fsp3) is 0.250. The summed E-state index contributed by atoms with van der Waals surface area (Å²) in [5.41, 5.74) is 3.10. The van der Waals surface area contributed by atoms with Crippen LogP contribution in [0.25, 0.3) is 0 Å². The van der Waals surface area contributed by atoms with Gasteiger partial charge in [0.2, 0.25) is 0 Å². The van der Waals surface area contributed by atoms with Crippen LogP contribution in [-0.2, 0) is 6.54 Å². The third kappa shape index (κ3) is 3.38. The molecule has 0 spiro atoms. The second-order valence-corrected chi connectivity index (χ2v) is 5.39. The van der Waals surface area contributed by atoms with Gasteiger partial charge in [0.05, 0.1) is 5.69 Å². The molecule has 0 amide bonds. The van der Waals surface area contributed by atoms with Crippen molar-refractivity contribution in [3.8, 4) is 0 Å². The van der Waals surface area contributed by atoms with Crippen LogP contribution >= 0.6 is 15.9 Å². The summed E-state index contributed by atoms with van der Waals surface area (Å²) in [6, 6.07) is 12.9. The standard InChI is InChI=1S/C16H18BrFN2/c1-3-20(14-6-4-5-13(18)10-14)16-8-7-12(11-19-2)9-15(16)17/h4-10,19H,3,11H2,1-2H3. The molecular formula is C16H18BrFN2. The topological polar surface area (TPSA) is 15.3 Å². The van der Waals surface area contributed by atoms with E-state index in [4.69, 9.17) is 0 Å². The van der Waals surface area contributed by atoms with E-state index >= 15 is 0 Å². The van der Waals surface area contributed by atoms with Crippen molar-refractivity contribution in [3.63, 3.8) is 0 Å². The lowest BCUT2D eigenvalue weighted by molar-refractivity contribution is 0.627. The van der Waals surface area contributed by atoms with Gasteiger partial charge in [-0.2, -0.15) is 0 Å². The first-order chi connectivity index (χ1) is 9.65. The third-order valence-electron chi connectivity index (χ3n) is 3.12. The summed E-state index contributed by atoms with van der Waals surface area (Å²) in [5, 5.41) is 3.13. The molecule has 0 atom stereocenters. The normalized spacial score (nSPS) is 10.6. The first-order valence-corrected chi connectivity index (χ1v) is 7.41. The number of nitrogens with one attached hydrogen (secondary N) is 1. The Hall–Kier alpha value is -1.39. The van der Waals surface area contributed by atoms with E-state index in [1.807, 2.05) is 13.1 Å². The van der Waals surface area contributed by atoms with E-state index in [9.17, 15) is 4.39 Å². The van der Waals surface area contributed by atoms with Crippen LogP contribution in [0, 0.1) is 5.82 Å². The largest absolute Gasteiger partial charge is 0.341 e. The average molecular weight is 337 g/mol. The van der Waals surface area contributed by atoms with Gasteiger partial charge in [-0.1, -0.05) is 12.1 Å². The number of halogens is 2. The monoisotopic (exact) mass is 336 g/mol. The summed E-state index contributed by atoms with van der Waals surface area (Å²) in [7, 11) is 1.92. The van der Waals surface area contributed by atoms with Gasteiger partial charge in [0, 0.05) is 23.2 Å². The summed E-state index contributed by atoms with van der Waals surface area (Å²) in [6.07, 6.45) is 0. The minimum atomic E-state index is -0.219. The first-order valence-electron chi connectivity index (χ1n) is 6.62. The molecule has 1 N–H and O–H groups in total. The Labute approximate surface area is 127 Å². The van der Waals surface area contributed by atoms with Crippen LogP contribution in [0.1, 0.15) is 12.5 Å². The van der Waals surface area contributed by atoms with Gasteiger partial charge < -0.3 is 10.2 Å². The maximum atomic E-state index is 13.4. The molecule has 0 fully saturated rings. The Morgan fingerprint density at radius 1 is 1.20 bits per heavy atom. The molecule has 0 unspecified atom stereocenters. The highest BCUT2D eigenvalue weighted by molar-refractivity contribution is 9.10. The molecule has 0 bridgehead atoms. The van der Waals surface area contributed by atoms with E-state index in [0.29, 0.717) is 0 Å². The van der Waals surface area contributed by atoms with E-state index in [-0.39, 0.29) is 5.82 Å². The number of hydrogen-bond acceptors (Lipinski definition) is 2. The predicted octanol–water partition coefficient (Wildman–Crippen LogP) is 4.47. The van der Waals surface area contributed by atoms with Crippen LogP contribution < -0.4 is 10.2 Å². The van der Waals surface area contributed by atoms with Crippen molar-refractivity contribution in [1.29, 1.82) is 0 Å². The fourth-order valence-electron chi connectivity index (χ4n) is 2.22. The van der Waals surface area contributed by atoms with Gasteiger partial charge in [-0.25, -0.2) is 4.39 Å². The van der Waals surface area contributed by atoms with Gasteiger partial charge >= 0.3 is 0 Å². The van der Waals surface area contributed by atoms with E-state index in [0.717, 1.165) is 28.9 Å². The molecule has 0 saturated carbocycles. The Bertz CT molecular complexity index is 586. The third-order valence-corrected chi connectivity index (χ3v) is 3.76. The van der Waals surface area contributed by atoms with Crippen molar-refractivity contribution in [3.05, 3.63) is 58.3 Å². The zero-order chi connectivity index (χ0) is 14.5. The second-order valence-electron chi connectivity index (χ2n) is 4.54. The minimum absolute atomic E-state index is 0.219. The molecule has 2 nitrogen and oxygen atoms in total. The maximum Gasteiger partial charge on any atom is 0.125 e. The smallest absolute Gasteiger partial charge is 0.125 e. The van der Waals surface area contributed by atoms with Gasteiger partial charge in [0.1, 0.15) is 5.82 Å². The summed E-state index contributed by atoms with van der Waals surface area (Å²) < 4.78 is 14.4. The molecule has 106 valence electrons. The fourth-order valence-corrected chi connectivity index (χ4v) is 2.86. The van der Waals surface area contributed by atoms with Gasteiger partial charge in [0.25, 0.3) is 0 Å². The van der Waals surface area contributed by atoms with Crippen LogP contribution in [0.2, 0.25) is 0 Å². The predicted molar refractivity (Wildman–Crippen MR) is 86.0 cm³/mol. The zero-order valence-electron chi connectivity index (χ0n) is 11.7. The van der Waals surface area contributed by atoms with Crippen LogP contribution in [0.4, 0.5) is 15.8 Å². The summed E-state index contributed by atoms with van der Waals surface area (Å²) >= 11 is 3.61. The van der Waals surface area contributed by atoms with Crippen molar-refractivity contribution in [2.24, 2.45) is 0 Å². The van der Waals surface area contributed by atoms with Crippen molar-refractivity contribution in [2.75, 3.05) is 18.5 Å². The molecular weight excluding hydrogens is 319 g/mol. The quantitative estimate of drug-likeness (QED) is 0.866. The maximum absolute atomic E-state index is 13.4. The SMILES string of the molecule is CCN(c1cccc(F)c1)c1ccc(CNC)cc1Br. The molecule has 2 aromatic rings. The van der Waals surface area contributed by atoms with Gasteiger partial charge in [-0.3, -0.25) is 0 Å². The highest BCUT2D eigenvalue weighted by Crippen LogP contribution is 2.33. The number of nitrogens with zero attached hydrogens (tertiary/aromatic N) is 1. The van der Waals surface area contributed by atoms with Crippen molar-refractivity contribution in [2.45, 2.75) is 13.5 Å². The lowest BCUT2D eigenvalue weighted by Crippen LogP contribution is -2.17. The average Bonchev–Trinajstić information content (AvgIpc) is 2.42. The lowest BCUT2D eigenvalue weighted by Gasteiger charge is -2.25. The van der Waals surface area contributed by atoms with Crippen LogP contribution in [0.3, 0.4) is 0 Å². The van der Waals surface area contributed by atoms with E-state index in [1.54, 1.807) is 12.1 Å². The molecule has 0 aromatic heterocycles. The second kappa shape index (κ2) is 6.86. The molecule has 0 aliphatic carbocycles. The van der Waals surface area contributed by atoms with Crippen LogP contribution in [0.5, 0.6) is 0 Å². The minimum Gasteiger partial charge on any atom is -0.341 e. The number of benzene rings is 2. The van der Waals surface area contributed by atoms with E-state index in [2.05, 4.69) is 51.3 Å². The molecule has 20 heavy (non-hydrogen) atoms. The Morgan fingerprint density at radius 2 is 2.00 bits per heavy atom. The van der Waals surface area contributed by atoms with Crippen LogP contribution in [-0.4, -0.2) is 13.6 Å². The first kappa shape index (κ1) is 15.0. The molecule has 2 aromatic carbocycles. The molecule has 2 rings (SSSR count). The van der Waals surface area contributed by atoms with Crippen molar-refractivity contribution >= 4 is 27.3 Å². The summed E-state index contributed by atoms with van der Waals surface area (Å²) in [4.78, 5) is 2.08. The van der Waals surface area contributed by atoms with Gasteiger partial charge in [0.15, 0.2) is 0 Å². The van der Waals surface area contributed by atoms with Gasteiger partial charge in [-0.05, 0) is 65.8 Å². The van der Waals surface area contributed by atoms with Crippen molar-refractivity contribution in [1.82, 2.24) is 5.32 Å². The molecule has 4 heteroatoms. The zero-order valence-corrected chi connectivity index (χ0v) is 13.2. The number of rotatable bonds is 5. The number of hydrogen-bond donors (Lipinski definition) is 1. The number of anilines is 2. The Balaban J connectivity index is 2.37. The Kier molecular flexibility index (Phi) is 5.15. The summed E-state index contributed by atoms with van der Waals surface area (Å²) in [6.45, 7) is 3.65. The van der Waals surface area contributed by atoms with Gasteiger partial charge in [-0.15, -0.1) is 0 Å². The highest BCUT2D eigenvalue weighted by Gasteiger charge is 2.11. The molecule has 0 aliphatic rings. The van der Waals surface area contributed by atoms with E-state index in [1.165, 1.54) is 11.6 Å². The Morgan fingerprint density at radius 3 is 2.60 bits per heavy atom. The summed E-state index contributed by atoms with van der Waals surface area (Å²) in [5.74, 6) is -0.219. The molecule has 0 saturated heterocycles. The lowest BCUT2D eigenvalue weighted by atomic mass is 10.1.